The van der Waals surface area contributed by atoms with E-state index in [0.29, 0.717) is 0 Å². The molecule has 0 saturated carbocycles. The summed E-state index contributed by atoms with van der Waals surface area (Å²) in [6.07, 6.45) is 0. The van der Waals surface area contributed by atoms with Gasteiger partial charge in [-0.25, -0.2) is 8.78 Å². The van der Waals surface area contributed by atoms with E-state index in [1.807, 2.05) is 6.07 Å². The maximum Gasteiger partial charge on any atom is 0.247 e. The Hall–Kier alpha value is -2.00. The highest BCUT2D eigenvalue weighted by Crippen LogP contribution is 2.29. The lowest BCUT2D eigenvalue weighted by Crippen LogP contribution is -2.53. The van der Waals surface area contributed by atoms with Gasteiger partial charge in [-0.3, -0.25) is 4.79 Å². The van der Waals surface area contributed by atoms with Gasteiger partial charge in [-0.2, -0.15) is 5.26 Å². The van der Waals surface area contributed by atoms with Gasteiger partial charge in [0.25, 0.3) is 0 Å². The molecule has 1 aliphatic heterocycles. The molecule has 0 N–H and O–H groups in total. The normalized spacial score (nSPS) is 16.3. The molecule has 100 valence electrons. The summed E-state index contributed by atoms with van der Waals surface area (Å²) >= 11 is 0. The molecule has 1 saturated heterocycles. The highest BCUT2D eigenvalue weighted by molar-refractivity contribution is 5.86. The predicted octanol–water partition coefficient (Wildman–Crippen LogP) is 1.46. The second-order valence-corrected chi connectivity index (χ2v) is 4.58. The number of rotatable bonds is 3. The summed E-state index contributed by atoms with van der Waals surface area (Å²) in [4.78, 5) is 13.3. The molecule has 0 unspecified atom stereocenters. The van der Waals surface area contributed by atoms with Crippen LogP contribution in [0.15, 0.2) is 18.2 Å². The largest absolute Gasteiger partial charge is 0.377 e. The highest BCUT2D eigenvalue weighted by atomic mass is 19.1. The lowest BCUT2D eigenvalue weighted by Gasteiger charge is -2.36. The van der Waals surface area contributed by atoms with E-state index >= 15 is 0 Å². The number of nitriles is 1. The molecule has 6 heteroatoms. The number of carbonyl (C=O) groups is 1. The first-order valence-electron chi connectivity index (χ1n) is 5.67. The monoisotopic (exact) mass is 266 g/mol. The first-order chi connectivity index (χ1) is 8.98. The van der Waals surface area contributed by atoms with Gasteiger partial charge in [-0.15, -0.1) is 0 Å². The number of hydrogen-bond acceptors (Lipinski definition) is 3. The minimum Gasteiger partial charge on any atom is -0.377 e. The Morgan fingerprint density at radius 3 is 2.68 bits per heavy atom. The summed E-state index contributed by atoms with van der Waals surface area (Å²) < 4.78 is 31.1. The second kappa shape index (κ2) is 4.94. The molecule has 19 heavy (non-hydrogen) atoms. The third-order valence-electron chi connectivity index (χ3n) is 3.09. The fourth-order valence-corrected chi connectivity index (χ4v) is 1.88. The summed E-state index contributed by atoms with van der Waals surface area (Å²) in [5.41, 5.74) is -0.962. The number of carbonyl (C=O) groups excluding carboxylic acids is 1. The van der Waals surface area contributed by atoms with Crippen LogP contribution in [0.25, 0.3) is 0 Å². The van der Waals surface area contributed by atoms with Crippen LogP contribution in [0, 0.1) is 28.4 Å². The van der Waals surface area contributed by atoms with Crippen molar-refractivity contribution < 1.29 is 18.3 Å². The molecular weight excluding hydrogens is 254 g/mol. The molecule has 0 radical (unpaired) electrons. The van der Waals surface area contributed by atoms with Crippen molar-refractivity contribution in [3.8, 4) is 6.07 Å². The molecule has 1 amide bonds. The van der Waals surface area contributed by atoms with Crippen LogP contribution in [0.1, 0.15) is 5.56 Å². The smallest absolute Gasteiger partial charge is 0.247 e. The van der Waals surface area contributed by atoms with Gasteiger partial charge >= 0.3 is 0 Å². The van der Waals surface area contributed by atoms with Crippen molar-refractivity contribution in [1.82, 2.24) is 4.90 Å². The van der Waals surface area contributed by atoms with Crippen LogP contribution >= 0.6 is 0 Å². The molecular formula is C13H12F2N2O2. The van der Waals surface area contributed by atoms with Crippen molar-refractivity contribution in [3.05, 3.63) is 35.4 Å². The second-order valence-electron chi connectivity index (χ2n) is 4.58. The molecule has 1 aromatic carbocycles. The molecule has 1 heterocycles. The first kappa shape index (κ1) is 13.4. The molecule has 0 aromatic heterocycles. The van der Waals surface area contributed by atoms with Crippen LogP contribution in [0.5, 0.6) is 0 Å². The van der Waals surface area contributed by atoms with Crippen LogP contribution in [-0.2, 0) is 16.1 Å². The molecule has 2 rings (SSSR count). The summed E-state index contributed by atoms with van der Waals surface area (Å²) in [6.45, 7) is 0.0888. The van der Waals surface area contributed by atoms with Crippen molar-refractivity contribution in [2.75, 3.05) is 20.3 Å². The van der Waals surface area contributed by atoms with Crippen LogP contribution in [-0.4, -0.2) is 31.1 Å². The number of amides is 1. The van der Waals surface area contributed by atoms with E-state index in [4.69, 9.17) is 10.00 Å². The number of ether oxygens (including phenoxy) is 1. The van der Waals surface area contributed by atoms with Crippen LogP contribution < -0.4 is 0 Å². The summed E-state index contributed by atoms with van der Waals surface area (Å²) in [6, 6.07) is 5.11. The van der Waals surface area contributed by atoms with Gasteiger partial charge in [0.2, 0.25) is 5.91 Å². The van der Waals surface area contributed by atoms with Crippen LogP contribution in [0.4, 0.5) is 8.78 Å². The minimum absolute atomic E-state index is 0.0195. The highest BCUT2D eigenvalue weighted by Gasteiger charge is 2.48. The fraction of sp³-hybridized carbons (Fsp3) is 0.385. The maximum atomic E-state index is 13.5. The van der Waals surface area contributed by atoms with Crippen molar-refractivity contribution in [2.24, 2.45) is 5.41 Å². The van der Waals surface area contributed by atoms with Gasteiger partial charge in [-0.1, -0.05) is 6.07 Å². The molecule has 0 aliphatic carbocycles. The van der Waals surface area contributed by atoms with Gasteiger partial charge in [0.15, 0.2) is 5.41 Å². The van der Waals surface area contributed by atoms with E-state index in [9.17, 15) is 13.6 Å². The molecule has 4 nitrogen and oxygen atoms in total. The molecule has 0 spiro atoms. The van der Waals surface area contributed by atoms with Crippen molar-refractivity contribution in [3.63, 3.8) is 0 Å². The Morgan fingerprint density at radius 2 is 2.21 bits per heavy atom. The van der Waals surface area contributed by atoms with E-state index in [-0.39, 0.29) is 25.3 Å². The molecule has 0 bridgehead atoms. The zero-order chi connectivity index (χ0) is 14.0. The van der Waals surface area contributed by atoms with Gasteiger partial charge in [0.1, 0.15) is 11.6 Å². The Balaban J connectivity index is 2.11. The zero-order valence-electron chi connectivity index (χ0n) is 10.3. The number of benzene rings is 1. The van der Waals surface area contributed by atoms with E-state index in [0.717, 1.165) is 12.1 Å². The van der Waals surface area contributed by atoms with Crippen molar-refractivity contribution >= 4 is 5.91 Å². The Kier molecular flexibility index (Phi) is 3.49. The van der Waals surface area contributed by atoms with Gasteiger partial charge in [0.05, 0.1) is 19.3 Å². The van der Waals surface area contributed by atoms with E-state index in [2.05, 4.69) is 0 Å². The quantitative estimate of drug-likeness (QED) is 0.832. The molecule has 1 aromatic rings. The Morgan fingerprint density at radius 1 is 1.53 bits per heavy atom. The first-order valence-corrected chi connectivity index (χ1v) is 5.67. The minimum atomic E-state index is -1.16. The van der Waals surface area contributed by atoms with Crippen molar-refractivity contribution in [1.29, 1.82) is 5.26 Å². The molecule has 1 fully saturated rings. The number of hydrogen-bond donors (Lipinski definition) is 0. The van der Waals surface area contributed by atoms with Gasteiger partial charge in [-0.05, 0) is 6.07 Å². The lowest BCUT2D eigenvalue weighted by atomic mass is 9.86. The number of nitrogens with zero attached hydrogens (tertiary/aromatic N) is 2. The third kappa shape index (κ3) is 2.42. The maximum absolute atomic E-state index is 13.5. The topological polar surface area (TPSA) is 53.3 Å². The zero-order valence-corrected chi connectivity index (χ0v) is 10.3. The van der Waals surface area contributed by atoms with E-state index < -0.39 is 23.0 Å². The summed E-state index contributed by atoms with van der Waals surface area (Å²) in [5.74, 6) is -1.79. The summed E-state index contributed by atoms with van der Waals surface area (Å²) in [5, 5.41) is 9.01. The lowest BCUT2D eigenvalue weighted by molar-refractivity contribution is -0.160. The average molecular weight is 266 g/mol. The Labute approximate surface area is 109 Å². The van der Waals surface area contributed by atoms with Gasteiger partial charge < -0.3 is 9.64 Å². The third-order valence-corrected chi connectivity index (χ3v) is 3.09. The van der Waals surface area contributed by atoms with Crippen molar-refractivity contribution in [2.45, 2.75) is 6.54 Å². The molecule has 0 atom stereocenters. The molecule has 1 aliphatic rings. The van der Waals surface area contributed by atoms with E-state index in [1.54, 1.807) is 0 Å². The standard InChI is InChI=1S/C13H12F2N2O2/c1-17(12(18)13(6-16)7-19-8-13)5-9-2-3-10(14)4-11(9)15/h2-4H,5,7-8H2,1H3. The predicted molar refractivity (Wildman–Crippen MR) is 61.7 cm³/mol. The average Bonchev–Trinajstić information content (AvgIpc) is 2.32. The summed E-state index contributed by atoms with van der Waals surface area (Å²) in [7, 11) is 1.47. The van der Waals surface area contributed by atoms with Crippen LogP contribution in [0.2, 0.25) is 0 Å². The van der Waals surface area contributed by atoms with E-state index in [1.165, 1.54) is 18.0 Å². The fourth-order valence-electron chi connectivity index (χ4n) is 1.88. The Bertz CT molecular complexity index is 550. The van der Waals surface area contributed by atoms with Gasteiger partial charge in [0, 0.05) is 25.2 Å². The SMILES string of the molecule is CN(Cc1ccc(F)cc1F)C(=O)C1(C#N)COC1. The van der Waals surface area contributed by atoms with Crippen LogP contribution in [0.3, 0.4) is 0 Å². The number of halogens is 2.